The molecule has 0 spiro atoms. The van der Waals surface area contributed by atoms with Crippen molar-refractivity contribution in [2.24, 2.45) is 0 Å². The lowest BCUT2D eigenvalue weighted by molar-refractivity contribution is -0.605. The molecule has 1 N–H and O–H groups in total. The summed E-state index contributed by atoms with van der Waals surface area (Å²) < 4.78 is 0.491. The summed E-state index contributed by atoms with van der Waals surface area (Å²) in [6.07, 6.45) is 2.18. The van der Waals surface area contributed by atoms with Gasteiger partial charge < -0.3 is 10.5 Å². The Kier molecular flexibility index (Phi) is 3.29. The molecule has 0 saturated carbocycles. The molecule has 0 saturated heterocycles. The summed E-state index contributed by atoms with van der Waals surface area (Å²) in [5.74, 6) is 0. The largest absolute Gasteiger partial charge is 0.619 e. The Labute approximate surface area is 107 Å². The van der Waals surface area contributed by atoms with E-state index in [2.05, 4.69) is 5.32 Å². The normalized spacial score (nSPS) is 10.1. The Morgan fingerprint density at radius 3 is 2.50 bits per heavy atom. The molecule has 92 valence electrons. The zero-order valence-electron chi connectivity index (χ0n) is 9.04. The van der Waals surface area contributed by atoms with E-state index in [9.17, 15) is 15.3 Å². The van der Waals surface area contributed by atoms with Gasteiger partial charge in [-0.05, 0) is 24.3 Å². The van der Waals surface area contributed by atoms with E-state index in [4.69, 9.17) is 11.6 Å². The molecule has 0 bridgehead atoms. The minimum absolute atomic E-state index is 0.125. The SMILES string of the molecule is O=[N+]([O-])c1cc[n+]([O-])cc1Nc1ccc(Cl)cc1. The molecule has 1 aromatic carbocycles. The molecular weight excluding hydrogens is 258 g/mol. The lowest BCUT2D eigenvalue weighted by Gasteiger charge is -2.06. The van der Waals surface area contributed by atoms with Gasteiger partial charge in [0.15, 0.2) is 11.9 Å². The van der Waals surface area contributed by atoms with Gasteiger partial charge in [-0.1, -0.05) is 11.6 Å². The minimum atomic E-state index is -0.557. The maximum atomic E-state index is 11.1. The Balaban J connectivity index is 2.35. The first-order chi connectivity index (χ1) is 8.56. The smallest absolute Gasteiger partial charge is 0.304 e. The number of hydrogen-bond donors (Lipinski definition) is 1. The molecule has 1 heterocycles. The van der Waals surface area contributed by atoms with Crippen LogP contribution in [0.25, 0.3) is 0 Å². The molecule has 1 aromatic heterocycles. The van der Waals surface area contributed by atoms with Crippen molar-refractivity contribution >= 4 is 28.7 Å². The van der Waals surface area contributed by atoms with E-state index < -0.39 is 4.92 Å². The van der Waals surface area contributed by atoms with E-state index >= 15 is 0 Å². The number of pyridine rings is 1. The van der Waals surface area contributed by atoms with E-state index in [1.165, 1.54) is 0 Å². The Morgan fingerprint density at radius 1 is 1.22 bits per heavy atom. The number of halogens is 1. The highest BCUT2D eigenvalue weighted by Crippen LogP contribution is 2.26. The van der Waals surface area contributed by atoms with Crippen LogP contribution in [-0.4, -0.2) is 4.92 Å². The van der Waals surface area contributed by atoms with E-state index in [1.54, 1.807) is 24.3 Å². The fourth-order valence-electron chi connectivity index (χ4n) is 1.41. The first-order valence-electron chi connectivity index (χ1n) is 4.96. The van der Waals surface area contributed by atoms with Gasteiger partial charge in [0.25, 0.3) is 0 Å². The van der Waals surface area contributed by atoms with Crippen molar-refractivity contribution in [2.75, 3.05) is 5.32 Å². The Bertz CT molecular complexity index is 587. The van der Waals surface area contributed by atoms with Gasteiger partial charge in [0, 0.05) is 10.7 Å². The summed E-state index contributed by atoms with van der Waals surface area (Å²) in [7, 11) is 0. The molecule has 0 aliphatic rings. The van der Waals surface area contributed by atoms with Gasteiger partial charge in [0.1, 0.15) is 0 Å². The molecule has 18 heavy (non-hydrogen) atoms. The standard InChI is InChI=1S/C11H8ClN3O3/c12-8-1-3-9(4-2-8)13-10-7-14(16)6-5-11(10)15(17)18/h1-7,13H. The fourth-order valence-corrected chi connectivity index (χ4v) is 1.54. The third-order valence-corrected chi connectivity index (χ3v) is 2.48. The van der Waals surface area contributed by atoms with Crippen molar-refractivity contribution in [1.82, 2.24) is 0 Å². The van der Waals surface area contributed by atoms with Crippen molar-refractivity contribution in [3.8, 4) is 0 Å². The molecule has 6 nitrogen and oxygen atoms in total. The van der Waals surface area contributed by atoms with E-state index in [-0.39, 0.29) is 11.4 Å². The zero-order valence-corrected chi connectivity index (χ0v) is 9.79. The second kappa shape index (κ2) is 4.89. The second-order valence-corrected chi connectivity index (χ2v) is 3.93. The molecule has 0 amide bonds. The first kappa shape index (κ1) is 12.1. The van der Waals surface area contributed by atoms with Crippen LogP contribution in [-0.2, 0) is 0 Å². The lowest BCUT2D eigenvalue weighted by atomic mass is 10.3. The van der Waals surface area contributed by atoms with E-state index in [0.29, 0.717) is 15.4 Å². The number of nitrogens with zero attached hydrogens (tertiary/aromatic N) is 2. The number of benzene rings is 1. The van der Waals surface area contributed by atoms with Gasteiger partial charge in [-0.3, -0.25) is 10.1 Å². The number of rotatable bonds is 3. The van der Waals surface area contributed by atoms with Crippen LogP contribution in [0.5, 0.6) is 0 Å². The van der Waals surface area contributed by atoms with Crippen LogP contribution in [0.4, 0.5) is 17.1 Å². The number of nitrogens with one attached hydrogen (secondary N) is 1. The average Bonchev–Trinajstić information content (AvgIpc) is 2.32. The topological polar surface area (TPSA) is 82.1 Å². The summed E-state index contributed by atoms with van der Waals surface area (Å²) in [5.41, 5.74) is 0.561. The van der Waals surface area contributed by atoms with Crippen molar-refractivity contribution < 1.29 is 9.65 Å². The zero-order chi connectivity index (χ0) is 13.1. The third-order valence-electron chi connectivity index (χ3n) is 2.23. The van der Waals surface area contributed by atoms with Gasteiger partial charge in [-0.25, -0.2) is 0 Å². The number of nitro groups is 1. The van der Waals surface area contributed by atoms with Crippen molar-refractivity contribution in [1.29, 1.82) is 0 Å². The summed E-state index contributed by atoms with van der Waals surface area (Å²) >= 11 is 5.73. The highest BCUT2D eigenvalue weighted by molar-refractivity contribution is 6.30. The average molecular weight is 266 g/mol. The quantitative estimate of drug-likeness (QED) is 0.400. The van der Waals surface area contributed by atoms with Gasteiger partial charge in [0.2, 0.25) is 6.20 Å². The van der Waals surface area contributed by atoms with Crippen LogP contribution in [0.1, 0.15) is 0 Å². The van der Waals surface area contributed by atoms with E-state index in [0.717, 1.165) is 18.5 Å². The predicted octanol–water partition coefficient (Wildman–Crippen LogP) is 2.63. The molecule has 0 atom stereocenters. The first-order valence-corrected chi connectivity index (χ1v) is 5.34. The molecule has 0 aliphatic carbocycles. The molecule has 0 aliphatic heterocycles. The Morgan fingerprint density at radius 2 is 1.89 bits per heavy atom. The molecule has 0 radical (unpaired) electrons. The number of anilines is 2. The third kappa shape index (κ3) is 2.67. The summed E-state index contributed by atoms with van der Waals surface area (Å²) in [4.78, 5) is 10.3. The van der Waals surface area contributed by atoms with Gasteiger partial charge >= 0.3 is 5.69 Å². The molecule has 0 unspecified atom stereocenters. The number of hydrogen-bond acceptors (Lipinski definition) is 4. The number of aromatic nitrogens is 1. The summed E-state index contributed by atoms with van der Waals surface area (Å²) in [6.45, 7) is 0. The predicted molar refractivity (Wildman–Crippen MR) is 66.8 cm³/mol. The lowest BCUT2D eigenvalue weighted by Crippen LogP contribution is -2.25. The van der Waals surface area contributed by atoms with E-state index in [1.807, 2.05) is 0 Å². The van der Waals surface area contributed by atoms with Crippen LogP contribution >= 0.6 is 11.6 Å². The van der Waals surface area contributed by atoms with Crippen LogP contribution in [0.15, 0.2) is 42.7 Å². The molecular formula is C11H8ClN3O3. The van der Waals surface area contributed by atoms with Gasteiger partial charge in [-0.15, -0.1) is 0 Å². The Hall–Kier alpha value is -2.34. The molecule has 0 fully saturated rings. The van der Waals surface area contributed by atoms with Crippen LogP contribution in [0, 0.1) is 15.3 Å². The summed E-state index contributed by atoms with van der Waals surface area (Å²) in [5, 5.41) is 25.3. The van der Waals surface area contributed by atoms with Crippen molar-refractivity contribution in [2.45, 2.75) is 0 Å². The fraction of sp³-hybridized carbons (Fsp3) is 0. The molecule has 2 rings (SSSR count). The highest BCUT2D eigenvalue weighted by Gasteiger charge is 2.17. The van der Waals surface area contributed by atoms with Gasteiger partial charge in [-0.2, -0.15) is 4.73 Å². The van der Waals surface area contributed by atoms with Crippen LogP contribution < -0.4 is 10.0 Å². The summed E-state index contributed by atoms with van der Waals surface area (Å²) in [6, 6.07) is 7.75. The second-order valence-electron chi connectivity index (χ2n) is 3.49. The van der Waals surface area contributed by atoms with Crippen molar-refractivity contribution in [3.05, 3.63) is 63.1 Å². The van der Waals surface area contributed by atoms with Crippen molar-refractivity contribution in [3.63, 3.8) is 0 Å². The molecule has 7 heteroatoms. The minimum Gasteiger partial charge on any atom is -0.619 e. The maximum Gasteiger partial charge on any atom is 0.304 e. The van der Waals surface area contributed by atoms with Crippen LogP contribution in [0.2, 0.25) is 5.02 Å². The van der Waals surface area contributed by atoms with Crippen LogP contribution in [0.3, 0.4) is 0 Å². The highest BCUT2D eigenvalue weighted by atomic mass is 35.5. The monoisotopic (exact) mass is 265 g/mol. The maximum absolute atomic E-state index is 11.1. The van der Waals surface area contributed by atoms with Gasteiger partial charge in [0.05, 0.1) is 11.0 Å². The molecule has 2 aromatic rings.